The fourth-order valence-electron chi connectivity index (χ4n) is 3.92. The molecule has 25 heavy (non-hydrogen) atoms. The molecule has 2 atom stereocenters. The molecule has 3 heteroatoms. The minimum Gasteiger partial charge on any atom is -0.497 e. The summed E-state index contributed by atoms with van der Waals surface area (Å²) in [5, 5.41) is 0. The summed E-state index contributed by atoms with van der Waals surface area (Å²) < 4.78 is 5.40. The molecule has 0 aliphatic heterocycles. The van der Waals surface area contributed by atoms with Crippen LogP contribution in [0.1, 0.15) is 42.4 Å². The molecule has 0 fully saturated rings. The third-order valence-electron chi connectivity index (χ3n) is 5.58. The lowest BCUT2D eigenvalue weighted by Crippen LogP contribution is -2.37. The third kappa shape index (κ3) is 4.77. The van der Waals surface area contributed by atoms with Crippen LogP contribution >= 0.6 is 12.4 Å². The molecule has 136 valence electrons. The van der Waals surface area contributed by atoms with Gasteiger partial charge in [-0.1, -0.05) is 36.4 Å². The van der Waals surface area contributed by atoms with E-state index >= 15 is 0 Å². The molecule has 0 radical (unpaired) electrons. The van der Waals surface area contributed by atoms with Gasteiger partial charge in [0, 0.05) is 12.6 Å². The predicted octanol–water partition coefficient (Wildman–Crippen LogP) is 5.10. The number of hydrogen-bond acceptors (Lipinski definition) is 2. The van der Waals surface area contributed by atoms with Crippen LogP contribution < -0.4 is 4.74 Å². The van der Waals surface area contributed by atoms with Gasteiger partial charge in [0.1, 0.15) is 5.75 Å². The molecule has 2 aromatic rings. The van der Waals surface area contributed by atoms with Crippen molar-refractivity contribution < 1.29 is 4.74 Å². The maximum atomic E-state index is 5.40. The number of hydrogen-bond donors (Lipinski definition) is 0. The molecule has 0 heterocycles. The predicted molar refractivity (Wildman–Crippen MR) is 108 cm³/mol. The Hall–Kier alpha value is -1.51. The first-order valence-corrected chi connectivity index (χ1v) is 9.10. The highest BCUT2D eigenvalue weighted by Crippen LogP contribution is 2.37. The van der Waals surface area contributed by atoms with Crippen molar-refractivity contribution in [1.82, 2.24) is 4.90 Å². The van der Waals surface area contributed by atoms with E-state index in [9.17, 15) is 0 Å². The second-order valence-electron chi connectivity index (χ2n) is 7.02. The number of halogens is 1. The summed E-state index contributed by atoms with van der Waals surface area (Å²) in [6.45, 7) is 3.49. The monoisotopic (exact) mass is 359 g/mol. The number of likely N-dealkylation sites (N-methyl/N-ethyl adjacent to an activating group) is 1. The molecule has 1 aliphatic rings. The normalized spacial score (nSPS) is 17.5. The highest BCUT2D eigenvalue weighted by Gasteiger charge is 2.27. The van der Waals surface area contributed by atoms with E-state index < -0.39 is 0 Å². The molecule has 0 bridgehead atoms. The average Bonchev–Trinajstić information content (AvgIpc) is 2.65. The summed E-state index contributed by atoms with van der Waals surface area (Å²) in [6.07, 6.45) is 4.87. The van der Waals surface area contributed by atoms with Crippen molar-refractivity contribution in [2.75, 3.05) is 20.7 Å². The molecule has 0 saturated carbocycles. The Balaban J connectivity index is 0.00000225. The quantitative estimate of drug-likeness (QED) is 0.711. The molecular formula is C22H30ClNO. The number of nitrogens with zero attached hydrogens (tertiary/aromatic N) is 1. The molecule has 1 aliphatic carbocycles. The van der Waals surface area contributed by atoms with E-state index in [1.54, 1.807) is 7.11 Å². The van der Waals surface area contributed by atoms with E-state index in [1.807, 2.05) is 0 Å². The smallest absolute Gasteiger partial charge is 0.119 e. The maximum Gasteiger partial charge on any atom is 0.119 e. The van der Waals surface area contributed by atoms with Crippen LogP contribution in [0.5, 0.6) is 5.75 Å². The van der Waals surface area contributed by atoms with Gasteiger partial charge in [0.2, 0.25) is 0 Å². The van der Waals surface area contributed by atoms with Crippen molar-refractivity contribution >= 4 is 12.4 Å². The first kappa shape index (κ1) is 19.8. The van der Waals surface area contributed by atoms with Crippen LogP contribution in [0.25, 0.3) is 0 Å². The molecule has 2 nitrogen and oxygen atoms in total. The van der Waals surface area contributed by atoms with Gasteiger partial charge < -0.3 is 9.64 Å². The van der Waals surface area contributed by atoms with Crippen molar-refractivity contribution in [3.63, 3.8) is 0 Å². The van der Waals surface area contributed by atoms with Gasteiger partial charge in [-0.05, 0) is 74.4 Å². The lowest BCUT2D eigenvalue weighted by molar-refractivity contribution is 0.216. The molecule has 0 aromatic heterocycles. The van der Waals surface area contributed by atoms with Crippen molar-refractivity contribution in [1.29, 1.82) is 0 Å². The Labute approximate surface area is 158 Å². The second-order valence-corrected chi connectivity index (χ2v) is 7.02. The molecule has 0 N–H and O–H groups in total. The second kappa shape index (κ2) is 9.26. The fourth-order valence-corrected chi connectivity index (χ4v) is 3.92. The summed E-state index contributed by atoms with van der Waals surface area (Å²) in [4.78, 5) is 2.52. The molecular weight excluding hydrogens is 330 g/mol. The van der Waals surface area contributed by atoms with Gasteiger partial charge in [0.15, 0.2) is 0 Å². The van der Waals surface area contributed by atoms with Gasteiger partial charge in [-0.2, -0.15) is 0 Å². The number of methoxy groups -OCH3 is 1. The molecule has 0 amide bonds. The summed E-state index contributed by atoms with van der Waals surface area (Å²) in [5.74, 6) is 1.61. The number of aryl methyl sites for hydroxylation is 1. The zero-order valence-electron chi connectivity index (χ0n) is 15.6. The fraction of sp³-hybridized carbons (Fsp3) is 0.455. The number of rotatable bonds is 6. The van der Waals surface area contributed by atoms with E-state index in [-0.39, 0.29) is 12.4 Å². The average molecular weight is 360 g/mol. The lowest BCUT2D eigenvalue weighted by atomic mass is 9.78. The minimum absolute atomic E-state index is 0. The maximum absolute atomic E-state index is 5.40. The zero-order valence-corrected chi connectivity index (χ0v) is 16.4. The van der Waals surface area contributed by atoms with E-state index in [2.05, 4.69) is 67.4 Å². The number of benzene rings is 2. The molecule has 0 spiro atoms. The molecule has 0 saturated heterocycles. The molecule has 2 unspecified atom stereocenters. The van der Waals surface area contributed by atoms with Crippen molar-refractivity contribution in [2.24, 2.45) is 0 Å². The Morgan fingerprint density at radius 1 is 1.16 bits per heavy atom. The van der Waals surface area contributed by atoms with E-state index in [0.717, 1.165) is 18.7 Å². The minimum atomic E-state index is 0. The van der Waals surface area contributed by atoms with Crippen LogP contribution in [0, 0.1) is 0 Å². The van der Waals surface area contributed by atoms with Crippen molar-refractivity contribution in [3.8, 4) is 5.75 Å². The SMILES string of the molecule is COc1ccc2c(c1)CCCC2C(C)N(C)CCc1ccccc1.Cl. The summed E-state index contributed by atoms with van der Waals surface area (Å²) in [7, 11) is 4.02. The van der Waals surface area contributed by atoms with Crippen LogP contribution in [-0.4, -0.2) is 31.6 Å². The van der Waals surface area contributed by atoms with Gasteiger partial charge in [-0.15, -0.1) is 12.4 Å². The van der Waals surface area contributed by atoms with E-state index in [0.29, 0.717) is 12.0 Å². The van der Waals surface area contributed by atoms with Crippen LogP contribution in [-0.2, 0) is 12.8 Å². The first-order valence-electron chi connectivity index (χ1n) is 9.10. The zero-order chi connectivity index (χ0) is 16.9. The van der Waals surface area contributed by atoms with Crippen molar-refractivity contribution in [2.45, 2.75) is 44.6 Å². The van der Waals surface area contributed by atoms with Gasteiger partial charge in [0.25, 0.3) is 0 Å². The summed E-state index contributed by atoms with van der Waals surface area (Å²) in [5.41, 5.74) is 4.43. The van der Waals surface area contributed by atoms with Gasteiger partial charge in [-0.25, -0.2) is 0 Å². The van der Waals surface area contributed by atoms with Gasteiger partial charge in [0.05, 0.1) is 7.11 Å². The Kier molecular flexibility index (Phi) is 7.34. The topological polar surface area (TPSA) is 12.5 Å². The summed E-state index contributed by atoms with van der Waals surface area (Å²) in [6, 6.07) is 18.0. The third-order valence-corrected chi connectivity index (χ3v) is 5.58. The van der Waals surface area contributed by atoms with Crippen LogP contribution in [0.15, 0.2) is 48.5 Å². The van der Waals surface area contributed by atoms with Crippen LogP contribution in [0.3, 0.4) is 0 Å². The summed E-state index contributed by atoms with van der Waals surface area (Å²) >= 11 is 0. The van der Waals surface area contributed by atoms with Crippen LogP contribution in [0.2, 0.25) is 0 Å². The number of fused-ring (bicyclic) bond motifs is 1. The Morgan fingerprint density at radius 2 is 1.92 bits per heavy atom. The molecule has 3 rings (SSSR count). The van der Waals surface area contributed by atoms with Crippen LogP contribution in [0.4, 0.5) is 0 Å². The first-order chi connectivity index (χ1) is 11.7. The Bertz CT molecular complexity index is 658. The standard InChI is InChI=1S/C22H29NO.ClH/c1-17(23(2)15-14-18-8-5-4-6-9-18)21-11-7-10-19-16-20(24-3)12-13-22(19)21;/h4-6,8-9,12-13,16-17,21H,7,10-11,14-15H2,1-3H3;1H. The number of ether oxygens (including phenoxy) is 1. The highest BCUT2D eigenvalue weighted by atomic mass is 35.5. The highest BCUT2D eigenvalue weighted by molar-refractivity contribution is 5.85. The van der Waals surface area contributed by atoms with E-state index in [1.165, 1.54) is 36.0 Å². The van der Waals surface area contributed by atoms with E-state index in [4.69, 9.17) is 4.74 Å². The van der Waals surface area contributed by atoms with Gasteiger partial charge in [-0.3, -0.25) is 0 Å². The Morgan fingerprint density at radius 3 is 2.64 bits per heavy atom. The lowest BCUT2D eigenvalue weighted by Gasteiger charge is -2.36. The van der Waals surface area contributed by atoms with Gasteiger partial charge >= 0.3 is 0 Å². The van der Waals surface area contributed by atoms with Crippen molar-refractivity contribution in [3.05, 3.63) is 65.2 Å². The molecule has 2 aromatic carbocycles. The largest absolute Gasteiger partial charge is 0.497 e.